The number of likely N-dealkylation sites (tertiary alicyclic amines) is 1. The number of nitrogens with zero attached hydrogens (tertiary/aromatic N) is 3. The van der Waals surface area contributed by atoms with E-state index in [2.05, 4.69) is 15.2 Å². The average Bonchev–Trinajstić information content (AvgIpc) is 3.30. The van der Waals surface area contributed by atoms with Crippen molar-refractivity contribution < 1.29 is 13.6 Å². The van der Waals surface area contributed by atoms with Gasteiger partial charge in [-0.3, -0.25) is 9.59 Å². The Morgan fingerprint density at radius 2 is 1.92 bits per heavy atom. The molecule has 0 aliphatic carbocycles. The maximum absolute atomic E-state index is 14.1. The fourth-order valence-corrected chi connectivity index (χ4v) is 5.30. The van der Waals surface area contributed by atoms with Gasteiger partial charge in [-0.05, 0) is 44.0 Å². The molecule has 0 saturated carbocycles. The molecule has 2 aromatic carbocycles. The first-order valence-electron chi connectivity index (χ1n) is 11.9. The Labute approximate surface area is 211 Å². The van der Waals surface area contributed by atoms with Gasteiger partial charge in [0.2, 0.25) is 0 Å². The Hall–Kier alpha value is -3.43. The summed E-state index contributed by atoms with van der Waals surface area (Å²) in [4.78, 5) is 32.0. The number of hydrogen-bond donors (Lipinski definition) is 1. The summed E-state index contributed by atoms with van der Waals surface area (Å²) in [6.07, 6.45) is 1.56. The Morgan fingerprint density at radius 3 is 2.67 bits per heavy atom. The lowest BCUT2D eigenvalue weighted by Gasteiger charge is -2.32. The van der Waals surface area contributed by atoms with E-state index in [1.807, 2.05) is 30.5 Å². The molecule has 2 aromatic heterocycles. The zero-order valence-electron chi connectivity index (χ0n) is 19.8. The number of rotatable bonds is 6. The minimum absolute atomic E-state index is 0.0578. The van der Waals surface area contributed by atoms with Gasteiger partial charge in [0, 0.05) is 66.2 Å². The molecule has 0 radical (unpaired) electrons. The number of amides is 1. The molecule has 5 rings (SSSR count). The number of halogens is 2. The van der Waals surface area contributed by atoms with Gasteiger partial charge in [-0.25, -0.2) is 13.8 Å². The number of carbonyl (C=O) groups is 1. The van der Waals surface area contributed by atoms with Crippen LogP contribution >= 0.6 is 11.3 Å². The Morgan fingerprint density at radius 1 is 1.11 bits per heavy atom. The summed E-state index contributed by atoms with van der Waals surface area (Å²) in [7, 11) is 0. The first kappa shape index (κ1) is 24.3. The van der Waals surface area contributed by atoms with Gasteiger partial charge < -0.3 is 14.8 Å². The number of aryl methyl sites for hydroxylation is 1. The van der Waals surface area contributed by atoms with Crippen molar-refractivity contribution >= 4 is 28.1 Å². The molecule has 1 aliphatic heterocycles. The minimum Gasteiger partial charge on any atom is -0.349 e. The average molecular weight is 509 g/mol. The highest BCUT2D eigenvalue weighted by molar-refractivity contribution is 7.09. The molecule has 9 heteroatoms. The van der Waals surface area contributed by atoms with E-state index in [0.717, 1.165) is 48.3 Å². The summed E-state index contributed by atoms with van der Waals surface area (Å²) < 4.78 is 29.3. The van der Waals surface area contributed by atoms with Crippen LogP contribution in [0.25, 0.3) is 22.2 Å². The van der Waals surface area contributed by atoms with Crippen molar-refractivity contribution in [2.45, 2.75) is 32.4 Å². The second-order valence-corrected chi connectivity index (χ2v) is 10.1. The van der Waals surface area contributed by atoms with E-state index in [4.69, 9.17) is 0 Å². The fourth-order valence-electron chi connectivity index (χ4n) is 4.68. The lowest BCUT2D eigenvalue weighted by Crippen LogP contribution is -2.45. The number of carbonyl (C=O) groups excluding carboxylic acids is 1. The van der Waals surface area contributed by atoms with Gasteiger partial charge in [-0.1, -0.05) is 12.1 Å². The third-order valence-electron chi connectivity index (χ3n) is 6.62. The van der Waals surface area contributed by atoms with Crippen molar-refractivity contribution in [1.29, 1.82) is 0 Å². The van der Waals surface area contributed by atoms with Gasteiger partial charge in [0.05, 0.1) is 16.2 Å². The van der Waals surface area contributed by atoms with Gasteiger partial charge in [0.25, 0.3) is 11.5 Å². The molecular weight excluding hydrogens is 482 g/mol. The van der Waals surface area contributed by atoms with E-state index in [0.29, 0.717) is 18.7 Å². The monoisotopic (exact) mass is 508 g/mol. The molecule has 6 nitrogen and oxygen atoms in total. The number of pyridine rings is 1. The predicted octanol–water partition coefficient (Wildman–Crippen LogP) is 4.61. The normalized spacial score (nSPS) is 14.9. The second-order valence-electron chi connectivity index (χ2n) is 9.07. The molecule has 186 valence electrons. The molecule has 1 N–H and O–H groups in total. The molecule has 3 heterocycles. The number of fused-ring (bicyclic) bond motifs is 1. The summed E-state index contributed by atoms with van der Waals surface area (Å²) in [5.41, 5.74) is 2.37. The molecule has 0 atom stereocenters. The van der Waals surface area contributed by atoms with Crippen molar-refractivity contribution in [1.82, 2.24) is 19.8 Å². The predicted molar refractivity (Wildman–Crippen MR) is 137 cm³/mol. The minimum atomic E-state index is -0.705. The summed E-state index contributed by atoms with van der Waals surface area (Å²) >= 11 is 1.58. The molecule has 0 bridgehead atoms. The summed E-state index contributed by atoms with van der Waals surface area (Å²) in [5, 5.41) is 6.34. The van der Waals surface area contributed by atoms with Crippen molar-refractivity contribution in [2.75, 3.05) is 19.6 Å². The van der Waals surface area contributed by atoms with Gasteiger partial charge >= 0.3 is 0 Å². The number of benzene rings is 2. The Kier molecular flexibility index (Phi) is 6.93. The molecule has 1 aliphatic rings. The molecule has 1 saturated heterocycles. The first-order valence-corrected chi connectivity index (χ1v) is 12.8. The molecule has 0 spiro atoms. The smallest absolute Gasteiger partial charge is 0.251 e. The molecular formula is C27H26F2N4O2S. The fraction of sp³-hybridized carbons (Fsp3) is 0.296. The van der Waals surface area contributed by atoms with E-state index in [1.54, 1.807) is 17.4 Å². The summed E-state index contributed by atoms with van der Waals surface area (Å²) in [6.45, 7) is 4.37. The van der Waals surface area contributed by atoms with Crippen molar-refractivity contribution in [3.05, 3.63) is 86.5 Å². The van der Waals surface area contributed by atoms with Gasteiger partial charge in [0.15, 0.2) is 0 Å². The van der Waals surface area contributed by atoms with E-state index < -0.39 is 11.6 Å². The van der Waals surface area contributed by atoms with Crippen LogP contribution in [0.4, 0.5) is 8.78 Å². The van der Waals surface area contributed by atoms with Crippen LogP contribution in [0, 0.1) is 18.6 Å². The topological polar surface area (TPSA) is 67.2 Å². The van der Waals surface area contributed by atoms with Gasteiger partial charge in [-0.2, -0.15) is 0 Å². The maximum Gasteiger partial charge on any atom is 0.251 e. The number of aromatic nitrogens is 2. The van der Waals surface area contributed by atoms with E-state index in [-0.39, 0.29) is 28.4 Å². The van der Waals surface area contributed by atoms with Crippen LogP contribution in [-0.4, -0.2) is 46.0 Å². The van der Waals surface area contributed by atoms with Crippen molar-refractivity contribution in [3.63, 3.8) is 0 Å². The first-order chi connectivity index (χ1) is 17.4. The molecule has 4 aromatic rings. The summed E-state index contributed by atoms with van der Waals surface area (Å²) in [5.74, 6) is -1.49. The highest BCUT2D eigenvalue weighted by Gasteiger charge is 2.22. The largest absolute Gasteiger partial charge is 0.349 e. The lowest BCUT2D eigenvalue weighted by atomic mass is 10.0. The number of piperidine rings is 1. The van der Waals surface area contributed by atoms with Crippen molar-refractivity contribution in [3.8, 4) is 11.3 Å². The van der Waals surface area contributed by atoms with Crippen LogP contribution in [0.3, 0.4) is 0 Å². The van der Waals surface area contributed by atoms with Crippen LogP contribution in [0.5, 0.6) is 0 Å². The summed E-state index contributed by atoms with van der Waals surface area (Å²) in [6, 6.07) is 12.3. The van der Waals surface area contributed by atoms with Crippen LogP contribution in [0.15, 0.2) is 58.7 Å². The third kappa shape index (κ3) is 5.22. The van der Waals surface area contributed by atoms with Gasteiger partial charge in [-0.15, -0.1) is 11.3 Å². The van der Waals surface area contributed by atoms with Crippen LogP contribution in [-0.2, 0) is 6.54 Å². The Bertz CT molecular complexity index is 1470. The third-order valence-corrected chi connectivity index (χ3v) is 7.40. The van der Waals surface area contributed by atoms with Crippen LogP contribution in [0.2, 0.25) is 0 Å². The lowest BCUT2D eigenvalue weighted by molar-refractivity contribution is 0.0910. The second kappa shape index (κ2) is 10.3. The maximum atomic E-state index is 14.1. The highest BCUT2D eigenvalue weighted by atomic mass is 32.1. The van der Waals surface area contributed by atoms with Gasteiger partial charge in [0.1, 0.15) is 11.6 Å². The zero-order valence-corrected chi connectivity index (χ0v) is 20.7. The molecule has 1 fully saturated rings. The van der Waals surface area contributed by atoms with E-state index in [1.165, 1.54) is 22.8 Å². The molecule has 0 unspecified atom stereocenters. The van der Waals surface area contributed by atoms with Crippen LogP contribution < -0.4 is 10.9 Å². The molecule has 1 amide bonds. The zero-order chi connectivity index (χ0) is 25.2. The number of thiazole rings is 1. The van der Waals surface area contributed by atoms with E-state index in [9.17, 15) is 18.4 Å². The standard InChI is InChI=1S/C27H26F2N4O2S/c1-17-30-24(16-36-17)18-3-2-4-19(13-18)27(35)31-21-7-9-32(10-8-21)11-12-33-25-15-20(28)14-23(29)22(25)5-6-26(33)34/h2-6,13-16,21H,7-12H2,1H3,(H,31,35). The number of nitrogens with one attached hydrogen (secondary N) is 1. The number of hydrogen-bond acceptors (Lipinski definition) is 5. The Balaban J connectivity index is 1.18. The van der Waals surface area contributed by atoms with E-state index >= 15 is 0 Å². The molecule has 36 heavy (non-hydrogen) atoms. The van der Waals surface area contributed by atoms with Crippen molar-refractivity contribution in [2.24, 2.45) is 0 Å². The highest BCUT2D eigenvalue weighted by Crippen LogP contribution is 2.23. The SMILES string of the molecule is Cc1nc(-c2cccc(C(=O)NC3CCN(CCn4c(=O)ccc5c(F)cc(F)cc54)CC3)c2)cs1. The van der Waals surface area contributed by atoms with Crippen LogP contribution in [0.1, 0.15) is 28.2 Å². The quantitative estimate of drug-likeness (QED) is 0.413.